The summed E-state index contributed by atoms with van der Waals surface area (Å²) in [7, 11) is 0. The van der Waals surface area contributed by atoms with Crippen molar-refractivity contribution >= 4 is 0 Å². The second-order valence-corrected chi connectivity index (χ2v) is 6.94. The van der Waals surface area contributed by atoms with Crippen LogP contribution in [-0.2, 0) is 0 Å². The number of hydrogen-bond acceptors (Lipinski definition) is 0. The van der Waals surface area contributed by atoms with Crippen LogP contribution in [0.3, 0.4) is 0 Å². The van der Waals surface area contributed by atoms with Gasteiger partial charge in [-0.3, -0.25) is 0 Å². The zero-order valence-corrected chi connectivity index (χ0v) is 13.1. The maximum absolute atomic E-state index is 2.60. The highest BCUT2D eigenvalue weighted by molar-refractivity contribution is 5.01. The number of rotatable bonds is 7. The van der Waals surface area contributed by atoms with Gasteiger partial charge in [0.05, 0.1) is 0 Å². The normalized spacial score (nSPS) is 36.4. The molecule has 0 amide bonds. The minimum absolute atomic E-state index is 0.654. The zero-order valence-electron chi connectivity index (χ0n) is 13.1. The second kappa shape index (κ2) is 6.25. The molecule has 0 saturated heterocycles. The third-order valence-corrected chi connectivity index (χ3v) is 5.77. The average molecular weight is 238 g/mol. The van der Waals surface area contributed by atoms with E-state index in [0.29, 0.717) is 5.41 Å². The first-order valence-electron chi connectivity index (χ1n) is 7.99. The van der Waals surface area contributed by atoms with E-state index < -0.39 is 0 Å². The van der Waals surface area contributed by atoms with Crippen LogP contribution in [0.5, 0.6) is 0 Å². The molecule has 1 fully saturated rings. The molecule has 0 heterocycles. The van der Waals surface area contributed by atoms with E-state index >= 15 is 0 Å². The molecule has 0 nitrogen and oxygen atoms in total. The van der Waals surface area contributed by atoms with Gasteiger partial charge in [0.1, 0.15) is 0 Å². The van der Waals surface area contributed by atoms with Crippen molar-refractivity contribution in [2.75, 3.05) is 0 Å². The molecule has 0 heteroatoms. The summed E-state index contributed by atoms with van der Waals surface area (Å²) in [5.41, 5.74) is 0.654. The highest BCUT2D eigenvalue weighted by atomic mass is 14.6. The Morgan fingerprint density at radius 2 is 1.76 bits per heavy atom. The third-order valence-electron chi connectivity index (χ3n) is 5.77. The average Bonchev–Trinajstić information content (AvgIpc) is 2.32. The molecule has 1 aliphatic carbocycles. The molecule has 102 valence electrons. The van der Waals surface area contributed by atoms with Crippen molar-refractivity contribution in [2.24, 2.45) is 29.1 Å². The van der Waals surface area contributed by atoms with Gasteiger partial charge in [-0.1, -0.05) is 67.2 Å². The topological polar surface area (TPSA) is 0 Å². The van der Waals surface area contributed by atoms with Crippen LogP contribution in [0, 0.1) is 29.1 Å². The molecule has 5 unspecified atom stereocenters. The molecule has 1 aliphatic rings. The summed E-state index contributed by atoms with van der Waals surface area (Å²) < 4.78 is 0. The first kappa shape index (κ1) is 15.1. The molecule has 0 aromatic heterocycles. The van der Waals surface area contributed by atoms with Crippen LogP contribution in [0.1, 0.15) is 80.1 Å². The molecule has 0 radical (unpaired) electrons. The fourth-order valence-electron chi connectivity index (χ4n) is 4.16. The Labute approximate surface area is 110 Å². The maximum Gasteiger partial charge on any atom is -0.0264 e. The van der Waals surface area contributed by atoms with Crippen molar-refractivity contribution in [1.29, 1.82) is 0 Å². The van der Waals surface area contributed by atoms with E-state index in [0.717, 1.165) is 23.7 Å². The summed E-state index contributed by atoms with van der Waals surface area (Å²) in [5.74, 6) is 3.85. The molecule has 0 N–H and O–H groups in total. The molecule has 5 atom stereocenters. The van der Waals surface area contributed by atoms with E-state index in [9.17, 15) is 0 Å². The minimum atomic E-state index is 0.654. The van der Waals surface area contributed by atoms with Gasteiger partial charge in [0, 0.05) is 0 Å². The summed E-state index contributed by atoms with van der Waals surface area (Å²) >= 11 is 0. The van der Waals surface area contributed by atoms with Crippen molar-refractivity contribution in [3.05, 3.63) is 0 Å². The first-order chi connectivity index (χ1) is 7.99. The van der Waals surface area contributed by atoms with E-state index in [4.69, 9.17) is 0 Å². The molecule has 1 saturated carbocycles. The largest absolute Gasteiger partial charge is 0.0654 e. The fourth-order valence-corrected chi connectivity index (χ4v) is 4.16. The Balaban J connectivity index is 2.69. The molecule has 17 heavy (non-hydrogen) atoms. The Hall–Kier alpha value is 0. The van der Waals surface area contributed by atoms with Gasteiger partial charge < -0.3 is 0 Å². The van der Waals surface area contributed by atoms with Crippen molar-refractivity contribution < 1.29 is 0 Å². The Kier molecular flexibility index (Phi) is 5.54. The molecule has 1 rings (SSSR count). The molecule has 0 aliphatic heterocycles. The second-order valence-electron chi connectivity index (χ2n) is 6.94. The zero-order chi connectivity index (χ0) is 13.1. The predicted molar refractivity (Wildman–Crippen MR) is 78.1 cm³/mol. The van der Waals surface area contributed by atoms with Gasteiger partial charge >= 0.3 is 0 Å². The van der Waals surface area contributed by atoms with Crippen LogP contribution in [0.25, 0.3) is 0 Å². The van der Waals surface area contributed by atoms with Gasteiger partial charge in [0.15, 0.2) is 0 Å². The van der Waals surface area contributed by atoms with Crippen LogP contribution in [0.2, 0.25) is 0 Å². The Morgan fingerprint density at radius 3 is 2.24 bits per heavy atom. The monoisotopic (exact) mass is 238 g/mol. The summed E-state index contributed by atoms with van der Waals surface area (Å²) in [6.45, 7) is 14.6. The van der Waals surface area contributed by atoms with Gasteiger partial charge in [-0.2, -0.15) is 0 Å². The lowest BCUT2D eigenvalue weighted by molar-refractivity contribution is -0.0893. The van der Waals surface area contributed by atoms with Crippen LogP contribution in [0.4, 0.5) is 0 Å². The van der Waals surface area contributed by atoms with Crippen molar-refractivity contribution in [3.8, 4) is 0 Å². The lowest BCUT2D eigenvalue weighted by atomic mass is 9.47. The van der Waals surface area contributed by atoms with Crippen molar-refractivity contribution in [2.45, 2.75) is 80.1 Å². The quantitative estimate of drug-likeness (QED) is 0.517. The predicted octanol–water partition coefficient (Wildman–Crippen LogP) is 5.91. The Bertz CT molecular complexity index is 220. The maximum atomic E-state index is 2.60. The standard InChI is InChI=1S/C17H34/c1-7-10-15-11-16(14(5)9-3)17(15,6)12-13(4)8-2/h13-16H,7-12H2,1-6H3. The Morgan fingerprint density at radius 1 is 1.12 bits per heavy atom. The van der Waals surface area contributed by atoms with E-state index in [-0.39, 0.29) is 0 Å². The van der Waals surface area contributed by atoms with Crippen LogP contribution < -0.4 is 0 Å². The SMILES string of the molecule is CCCC1CC(C(C)CC)C1(C)CC(C)CC. The lowest BCUT2D eigenvalue weighted by Crippen LogP contribution is -2.50. The molecular formula is C17H34. The summed E-state index contributed by atoms with van der Waals surface area (Å²) in [5, 5.41) is 0. The van der Waals surface area contributed by atoms with Gasteiger partial charge in [0.2, 0.25) is 0 Å². The van der Waals surface area contributed by atoms with E-state index in [2.05, 4.69) is 41.5 Å². The van der Waals surface area contributed by atoms with E-state index in [1.54, 1.807) is 0 Å². The molecule has 0 aromatic carbocycles. The molecule has 0 spiro atoms. The van der Waals surface area contributed by atoms with Crippen LogP contribution >= 0.6 is 0 Å². The smallest absolute Gasteiger partial charge is 0.0264 e. The molecule has 0 aromatic rings. The van der Waals surface area contributed by atoms with E-state index in [1.165, 1.54) is 38.5 Å². The van der Waals surface area contributed by atoms with Gasteiger partial charge in [-0.25, -0.2) is 0 Å². The summed E-state index contributed by atoms with van der Waals surface area (Å²) in [6, 6.07) is 0. The highest BCUT2D eigenvalue weighted by Gasteiger charge is 2.51. The lowest BCUT2D eigenvalue weighted by Gasteiger charge is -2.58. The van der Waals surface area contributed by atoms with Crippen molar-refractivity contribution in [1.82, 2.24) is 0 Å². The molecule has 0 bridgehead atoms. The summed E-state index contributed by atoms with van der Waals surface area (Å²) in [6.07, 6.45) is 8.51. The van der Waals surface area contributed by atoms with Gasteiger partial charge in [-0.05, 0) is 41.9 Å². The van der Waals surface area contributed by atoms with Gasteiger partial charge in [-0.15, -0.1) is 0 Å². The van der Waals surface area contributed by atoms with Crippen molar-refractivity contribution in [3.63, 3.8) is 0 Å². The van der Waals surface area contributed by atoms with Gasteiger partial charge in [0.25, 0.3) is 0 Å². The number of hydrogen-bond donors (Lipinski definition) is 0. The molecular weight excluding hydrogens is 204 g/mol. The highest BCUT2D eigenvalue weighted by Crippen LogP contribution is 2.60. The summed E-state index contributed by atoms with van der Waals surface area (Å²) in [4.78, 5) is 0. The van der Waals surface area contributed by atoms with Crippen LogP contribution in [0.15, 0.2) is 0 Å². The first-order valence-corrected chi connectivity index (χ1v) is 7.99. The fraction of sp³-hybridized carbons (Fsp3) is 1.00. The van der Waals surface area contributed by atoms with E-state index in [1.807, 2.05) is 0 Å². The minimum Gasteiger partial charge on any atom is -0.0654 e. The third kappa shape index (κ3) is 3.06. The van der Waals surface area contributed by atoms with Crippen LogP contribution in [-0.4, -0.2) is 0 Å².